The molecule has 2 amide bonds. The van der Waals surface area contributed by atoms with E-state index in [1.807, 2.05) is 10.4 Å². The Morgan fingerprint density at radius 1 is 1.56 bits per heavy atom. The molecular formula is C14H20FN2O9P. The zero-order valence-electron chi connectivity index (χ0n) is 14.4. The first-order chi connectivity index (χ1) is 12.3. The highest BCUT2D eigenvalue weighted by atomic mass is 31.2. The molecule has 13 heteroatoms. The maximum atomic E-state index is 15.0. The summed E-state index contributed by atoms with van der Waals surface area (Å²) in [7, 11) is -4.58. The summed E-state index contributed by atoms with van der Waals surface area (Å²) in [6.45, 7) is 1.35. The molecule has 0 aromatic rings. The fourth-order valence-electron chi connectivity index (χ4n) is 2.77. The summed E-state index contributed by atoms with van der Waals surface area (Å²) in [5.74, 6) is -4.08. The van der Waals surface area contributed by atoms with E-state index in [4.69, 9.17) is 9.84 Å². The first kappa shape index (κ1) is 21.6. The highest BCUT2D eigenvalue weighted by Crippen LogP contribution is 2.43. The summed E-state index contributed by atoms with van der Waals surface area (Å²) in [5.41, 5.74) is -2.43. The van der Waals surface area contributed by atoms with Gasteiger partial charge in [-0.3, -0.25) is 24.2 Å². The number of carbonyl (C=O) groups is 3. The third-order valence-corrected chi connectivity index (χ3v) is 5.49. The molecule has 0 radical (unpaired) electrons. The molecular weight excluding hydrogens is 390 g/mol. The van der Waals surface area contributed by atoms with Crippen LogP contribution in [0.5, 0.6) is 0 Å². The molecule has 11 nitrogen and oxygen atoms in total. The first-order valence-corrected chi connectivity index (χ1v) is 9.46. The van der Waals surface area contributed by atoms with Crippen LogP contribution in [-0.2, 0) is 28.2 Å². The molecule has 27 heavy (non-hydrogen) atoms. The van der Waals surface area contributed by atoms with Crippen LogP contribution in [0.1, 0.15) is 13.8 Å². The number of carboxylic acid groups (broad SMARTS) is 1. The van der Waals surface area contributed by atoms with E-state index < -0.39 is 68.1 Å². The highest BCUT2D eigenvalue weighted by Gasteiger charge is 2.58. The van der Waals surface area contributed by atoms with Crippen LogP contribution in [0.2, 0.25) is 0 Å². The standard InChI is InChI=1S/C14H20FN2O9P/c1-6(13(21)22)17-27(23,24)25-5-8-10(19)14(2,15)11(26-8)7-3-4-9(18)16-12(7)20/h3-4,6-8,10-11,19H,5H2,1-2H3,(H,21,22)(H,16,18,20)(H2,17,23,24)/t6-,7+,8+,10+,11-,14+/m0/s1. The van der Waals surface area contributed by atoms with Gasteiger partial charge in [0.2, 0.25) is 11.8 Å². The Bertz CT molecular complexity index is 713. The highest BCUT2D eigenvalue weighted by molar-refractivity contribution is 7.50. The fraction of sp³-hybridized carbons (Fsp3) is 0.643. The van der Waals surface area contributed by atoms with Crippen LogP contribution in [0.15, 0.2) is 12.2 Å². The molecule has 1 fully saturated rings. The van der Waals surface area contributed by atoms with Gasteiger partial charge < -0.3 is 19.8 Å². The van der Waals surface area contributed by atoms with Crippen molar-refractivity contribution >= 4 is 25.5 Å². The van der Waals surface area contributed by atoms with Crippen molar-refractivity contribution in [3.63, 3.8) is 0 Å². The fourth-order valence-corrected chi connectivity index (χ4v) is 3.79. The van der Waals surface area contributed by atoms with Gasteiger partial charge in [0.15, 0.2) is 5.67 Å². The Morgan fingerprint density at radius 2 is 2.19 bits per heavy atom. The van der Waals surface area contributed by atoms with E-state index >= 15 is 0 Å². The molecule has 5 N–H and O–H groups in total. The van der Waals surface area contributed by atoms with Gasteiger partial charge in [0.25, 0.3) is 0 Å². The molecule has 2 aliphatic rings. The minimum Gasteiger partial charge on any atom is -0.480 e. The van der Waals surface area contributed by atoms with Crippen LogP contribution in [0.3, 0.4) is 0 Å². The van der Waals surface area contributed by atoms with Gasteiger partial charge in [0.1, 0.15) is 24.4 Å². The number of aliphatic hydroxyl groups excluding tert-OH is 1. The lowest BCUT2D eigenvalue weighted by Gasteiger charge is -2.29. The summed E-state index contributed by atoms with van der Waals surface area (Å²) < 4.78 is 36.8. The quantitative estimate of drug-likeness (QED) is 0.255. The Morgan fingerprint density at radius 3 is 2.74 bits per heavy atom. The van der Waals surface area contributed by atoms with Crippen molar-refractivity contribution in [3.05, 3.63) is 12.2 Å². The molecule has 0 bridgehead atoms. The van der Waals surface area contributed by atoms with Crippen molar-refractivity contribution in [2.45, 2.75) is 43.9 Å². The lowest BCUT2D eigenvalue weighted by Crippen LogP contribution is -2.50. The minimum atomic E-state index is -4.58. The number of carboxylic acids is 1. The van der Waals surface area contributed by atoms with E-state index in [1.54, 1.807) is 0 Å². The SMILES string of the molecule is C[C@H](NP(=O)(O)OC[C@H]1O[C@@H]([C@H]2C=CC(=O)NC2=O)[C@](C)(F)[C@@H]1O)C(=O)O. The minimum absolute atomic E-state index is 0.671. The Labute approximate surface area is 153 Å². The van der Waals surface area contributed by atoms with E-state index in [0.29, 0.717) is 0 Å². The number of aliphatic hydroxyl groups is 1. The van der Waals surface area contributed by atoms with E-state index in [1.165, 1.54) is 0 Å². The van der Waals surface area contributed by atoms with Gasteiger partial charge in [-0.1, -0.05) is 6.08 Å². The number of carbonyl (C=O) groups excluding carboxylic acids is 2. The lowest BCUT2D eigenvalue weighted by molar-refractivity contribution is -0.139. The number of ether oxygens (including phenoxy) is 1. The number of alkyl halides is 1. The van der Waals surface area contributed by atoms with Gasteiger partial charge in [-0.15, -0.1) is 0 Å². The van der Waals surface area contributed by atoms with Crippen molar-refractivity contribution in [1.82, 2.24) is 10.4 Å². The number of hydrogen-bond acceptors (Lipinski definition) is 7. The molecule has 1 unspecified atom stereocenters. The Kier molecular flexibility index (Phi) is 6.19. The zero-order chi connectivity index (χ0) is 20.6. The topological polar surface area (TPSA) is 171 Å². The number of hydrogen-bond donors (Lipinski definition) is 5. The molecule has 0 aromatic heterocycles. The largest absolute Gasteiger partial charge is 0.480 e. The molecule has 152 valence electrons. The second-order valence-corrected chi connectivity index (χ2v) is 7.99. The Balaban J connectivity index is 2.06. The molecule has 0 aromatic carbocycles. The van der Waals surface area contributed by atoms with E-state index in [-0.39, 0.29) is 0 Å². The van der Waals surface area contributed by atoms with Gasteiger partial charge in [0, 0.05) is 6.08 Å². The molecule has 7 atom stereocenters. The van der Waals surface area contributed by atoms with E-state index in [2.05, 4.69) is 4.52 Å². The second-order valence-electron chi connectivity index (χ2n) is 6.43. The maximum Gasteiger partial charge on any atom is 0.403 e. The van der Waals surface area contributed by atoms with Gasteiger partial charge >= 0.3 is 13.7 Å². The van der Waals surface area contributed by atoms with Crippen LogP contribution < -0.4 is 10.4 Å². The summed E-state index contributed by atoms with van der Waals surface area (Å²) in [5, 5.41) is 22.7. The molecule has 2 heterocycles. The maximum absolute atomic E-state index is 15.0. The number of halogens is 1. The van der Waals surface area contributed by atoms with Crippen LogP contribution in [0.25, 0.3) is 0 Å². The summed E-state index contributed by atoms with van der Waals surface area (Å²) >= 11 is 0. The van der Waals surface area contributed by atoms with E-state index in [0.717, 1.165) is 26.0 Å². The van der Waals surface area contributed by atoms with Gasteiger partial charge in [0.05, 0.1) is 12.5 Å². The number of rotatable bonds is 7. The van der Waals surface area contributed by atoms with Gasteiger partial charge in [-0.2, -0.15) is 0 Å². The number of aliphatic carboxylic acids is 1. The number of nitrogens with one attached hydrogen (secondary N) is 2. The smallest absolute Gasteiger partial charge is 0.403 e. The average molecular weight is 410 g/mol. The molecule has 0 aliphatic carbocycles. The van der Waals surface area contributed by atoms with Crippen molar-refractivity contribution in [2.24, 2.45) is 5.92 Å². The second kappa shape index (κ2) is 7.74. The predicted molar refractivity (Wildman–Crippen MR) is 86.0 cm³/mol. The van der Waals surface area contributed by atoms with Crippen LogP contribution in [-0.4, -0.2) is 69.5 Å². The summed E-state index contributed by atoms with van der Waals surface area (Å²) in [6.07, 6.45) is -2.52. The monoisotopic (exact) mass is 410 g/mol. The molecule has 2 aliphatic heterocycles. The molecule has 0 saturated carbocycles. The summed E-state index contributed by atoms with van der Waals surface area (Å²) in [4.78, 5) is 43.4. The zero-order valence-corrected chi connectivity index (χ0v) is 15.3. The third-order valence-electron chi connectivity index (χ3n) is 4.28. The van der Waals surface area contributed by atoms with Crippen molar-refractivity contribution < 1.29 is 47.7 Å². The Hall–Kier alpha value is -1.69. The van der Waals surface area contributed by atoms with Crippen molar-refractivity contribution in [1.29, 1.82) is 0 Å². The van der Waals surface area contributed by atoms with Gasteiger partial charge in [-0.05, 0) is 13.8 Å². The number of imide groups is 1. The van der Waals surface area contributed by atoms with Crippen molar-refractivity contribution in [3.8, 4) is 0 Å². The van der Waals surface area contributed by atoms with Crippen LogP contribution in [0, 0.1) is 5.92 Å². The first-order valence-electron chi connectivity index (χ1n) is 7.88. The summed E-state index contributed by atoms with van der Waals surface area (Å²) in [6, 6.07) is -1.40. The van der Waals surface area contributed by atoms with Gasteiger partial charge in [-0.25, -0.2) is 14.0 Å². The average Bonchev–Trinajstić information content (AvgIpc) is 2.76. The lowest BCUT2D eigenvalue weighted by atomic mass is 9.85. The normalized spacial score (nSPS) is 36.9. The third kappa shape index (κ3) is 4.78. The van der Waals surface area contributed by atoms with Crippen LogP contribution in [0.4, 0.5) is 4.39 Å². The van der Waals surface area contributed by atoms with Crippen LogP contribution >= 0.6 is 7.75 Å². The van der Waals surface area contributed by atoms with E-state index in [9.17, 15) is 33.3 Å². The number of amides is 2. The predicted octanol–water partition coefficient (Wildman–Crippen LogP) is -1.15. The molecule has 0 spiro atoms. The molecule has 2 rings (SSSR count). The molecule has 1 saturated heterocycles. The van der Waals surface area contributed by atoms with Crippen molar-refractivity contribution in [2.75, 3.05) is 6.61 Å².